The summed E-state index contributed by atoms with van der Waals surface area (Å²) in [6, 6.07) is 0. The molecule has 0 bridgehead atoms. The van der Waals surface area contributed by atoms with Crippen LogP contribution in [-0.2, 0) is 26.7 Å². The van der Waals surface area contributed by atoms with Gasteiger partial charge in [-0.05, 0) is 0 Å². The summed E-state index contributed by atoms with van der Waals surface area (Å²) in [6.45, 7) is 0. The summed E-state index contributed by atoms with van der Waals surface area (Å²) in [4.78, 5) is 18.2. The van der Waals surface area contributed by atoms with Crippen LogP contribution in [0.2, 0.25) is 0 Å². The Morgan fingerprint density at radius 2 is 1.12 bits per heavy atom. The number of aliphatic carboxylic acids is 2. The Morgan fingerprint density at radius 3 is 1.12 bits per heavy atom. The van der Waals surface area contributed by atoms with Gasteiger partial charge in [-0.3, -0.25) is 0 Å². The Balaban J connectivity index is -0.000000125. The van der Waals surface area contributed by atoms with Crippen LogP contribution < -0.4 is 0 Å². The van der Waals surface area contributed by atoms with Gasteiger partial charge in [0.15, 0.2) is 0 Å². The first kappa shape index (κ1) is 15.7. The van der Waals surface area contributed by atoms with Crippen molar-refractivity contribution in [2.24, 2.45) is 0 Å². The molecule has 0 rings (SSSR count). The molecule has 0 saturated carbocycles. The minimum Gasteiger partial charge on any atom is 0 e. The molecule has 0 aromatic heterocycles. The average molecular weight is 153 g/mol. The van der Waals surface area contributed by atoms with E-state index in [2.05, 4.69) is 0 Å². The first-order valence-corrected chi connectivity index (χ1v) is 1.11. The van der Waals surface area contributed by atoms with Crippen LogP contribution in [0.15, 0.2) is 0 Å². The molecule has 2 N–H and O–H groups in total. The molecule has 1 radical (unpaired) electrons. The fraction of sp³-hybridized carbons (Fsp3) is 0. The Hall–Kier alpha value is 0.0569. The number of hydrogen-bond acceptors (Lipinski definition) is 2. The monoisotopic (exact) mass is 153 g/mol. The molecule has 0 unspecified atom stereocenters. The molecule has 0 aliphatic heterocycles. The molecule has 8 heavy (non-hydrogen) atoms. The second-order valence-electron chi connectivity index (χ2n) is 0.610. The normalized spacial score (nSPS) is 5.50. The molecule has 0 saturated heterocycles. The zero-order chi connectivity index (χ0) is 5.15. The predicted octanol–water partition coefficient (Wildman–Crippen LogP) is -1.50. The summed E-state index contributed by atoms with van der Waals surface area (Å²) < 4.78 is 0. The van der Waals surface area contributed by atoms with E-state index in [9.17, 15) is 0 Å². The second-order valence-corrected chi connectivity index (χ2v) is 0.610. The van der Waals surface area contributed by atoms with Crippen LogP contribution in [0.25, 0.3) is 0 Å². The van der Waals surface area contributed by atoms with Crippen molar-refractivity contribution in [2.45, 2.75) is 0 Å². The molecule has 0 fully saturated rings. The minimum atomic E-state index is -1.82. The van der Waals surface area contributed by atoms with E-state index in [1.54, 1.807) is 0 Å². The van der Waals surface area contributed by atoms with Crippen molar-refractivity contribution < 1.29 is 36.9 Å². The van der Waals surface area contributed by atoms with Crippen molar-refractivity contribution >= 4 is 30.8 Å². The maximum Gasteiger partial charge on any atom is 0 e. The van der Waals surface area contributed by atoms with Crippen molar-refractivity contribution in [2.75, 3.05) is 0 Å². The van der Waals surface area contributed by atoms with Gasteiger partial charge in [0.1, 0.15) is 0 Å². The van der Waals surface area contributed by atoms with E-state index in [1.165, 1.54) is 0 Å². The number of hydrogen-bond donors (Lipinski definition) is 2. The molecule has 0 aromatic rings. The molecule has 0 aromatic carbocycles. The minimum absolute atomic E-state index is 0. The van der Waals surface area contributed by atoms with Crippen LogP contribution in [0, 0.1) is 0 Å². The summed E-state index contributed by atoms with van der Waals surface area (Å²) in [5, 5.41) is 14.8. The summed E-state index contributed by atoms with van der Waals surface area (Å²) >= 11 is 0. The van der Waals surface area contributed by atoms with E-state index in [1.807, 2.05) is 0 Å². The average Bonchev–Trinajstić information content (AvgIpc) is 1.36. The Morgan fingerprint density at radius 1 is 1.00 bits per heavy atom. The number of carboxylic acids is 2. The van der Waals surface area contributed by atoms with Gasteiger partial charge in [-0.25, -0.2) is 9.59 Å². The van der Waals surface area contributed by atoms with Crippen molar-refractivity contribution in [3.05, 3.63) is 0 Å². The van der Waals surface area contributed by atoms with Gasteiger partial charge in [0.2, 0.25) is 0 Å². The van der Waals surface area contributed by atoms with E-state index >= 15 is 0 Å². The van der Waals surface area contributed by atoms with Crippen molar-refractivity contribution in [1.82, 2.24) is 0 Å². The molecule has 6 heteroatoms. The molecule has 0 heterocycles. The van der Waals surface area contributed by atoms with Crippen LogP contribution in [0.4, 0.5) is 0 Å². The fourth-order valence-electron chi connectivity index (χ4n) is 0. The van der Waals surface area contributed by atoms with Crippen LogP contribution in [0.3, 0.4) is 0 Å². The van der Waals surface area contributed by atoms with Gasteiger partial charge >= 0.3 is 30.8 Å². The number of carboxylic acid groups (broad SMARTS) is 2. The standard InChI is InChI=1S/C2H2O4.Li.Mn.H/c3-1(4)2(5)6;;;/h(H,3,4)(H,5,6);;;. The first-order valence-electron chi connectivity index (χ1n) is 1.11. The fourth-order valence-corrected chi connectivity index (χ4v) is 0. The topological polar surface area (TPSA) is 74.6 Å². The van der Waals surface area contributed by atoms with Crippen molar-refractivity contribution in [3.8, 4) is 0 Å². The van der Waals surface area contributed by atoms with Gasteiger partial charge in [0.25, 0.3) is 0 Å². The third kappa shape index (κ3) is 9.41. The molecule has 0 aliphatic carbocycles. The SMILES string of the molecule is O=C(O)C(=O)O.[LiH].[Mn]. The van der Waals surface area contributed by atoms with Gasteiger partial charge < -0.3 is 10.2 Å². The molecule has 4 nitrogen and oxygen atoms in total. The Labute approximate surface area is 67.9 Å². The van der Waals surface area contributed by atoms with E-state index in [0.29, 0.717) is 0 Å². The summed E-state index contributed by atoms with van der Waals surface area (Å²) in [5.74, 6) is -3.65. The van der Waals surface area contributed by atoms with Gasteiger partial charge in [0, 0.05) is 17.1 Å². The smallest absolute Gasteiger partial charge is 0 e. The predicted molar refractivity (Wildman–Crippen MR) is 22.4 cm³/mol. The van der Waals surface area contributed by atoms with Crippen LogP contribution in [0.1, 0.15) is 0 Å². The Kier molecular flexibility index (Phi) is 13.8. The van der Waals surface area contributed by atoms with Gasteiger partial charge in [0.05, 0.1) is 0 Å². The molecule has 0 aliphatic rings. The number of carbonyl (C=O) groups is 2. The quantitative estimate of drug-likeness (QED) is 0.328. The van der Waals surface area contributed by atoms with Crippen molar-refractivity contribution in [1.29, 1.82) is 0 Å². The summed E-state index contributed by atoms with van der Waals surface area (Å²) in [5.41, 5.74) is 0. The second kappa shape index (κ2) is 7.06. The molecule has 0 atom stereocenters. The molecular weight excluding hydrogens is 150 g/mol. The maximum atomic E-state index is 9.10. The molecule has 0 amide bonds. The third-order valence-corrected chi connectivity index (χ3v) is 0.183. The van der Waals surface area contributed by atoms with Gasteiger partial charge in [-0.1, -0.05) is 0 Å². The third-order valence-electron chi connectivity index (χ3n) is 0.183. The number of rotatable bonds is 0. The van der Waals surface area contributed by atoms with Crippen LogP contribution in [0.5, 0.6) is 0 Å². The van der Waals surface area contributed by atoms with Crippen molar-refractivity contribution in [3.63, 3.8) is 0 Å². The Bertz CT molecular complexity index is 80.0. The molecular formula is C2H3LiMnO4. The van der Waals surface area contributed by atoms with Gasteiger partial charge in [-0.2, -0.15) is 0 Å². The zero-order valence-electron chi connectivity index (χ0n) is 3.09. The summed E-state index contributed by atoms with van der Waals surface area (Å²) in [7, 11) is 0. The van der Waals surface area contributed by atoms with E-state index < -0.39 is 11.9 Å². The first-order chi connectivity index (χ1) is 2.64. The molecule has 43 valence electrons. The maximum absolute atomic E-state index is 9.10. The summed E-state index contributed by atoms with van der Waals surface area (Å²) in [6.07, 6.45) is 0. The van der Waals surface area contributed by atoms with E-state index in [4.69, 9.17) is 19.8 Å². The largest absolute Gasteiger partial charge is 0 e. The van der Waals surface area contributed by atoms with Crippen LogP contribution in [-0.4, -0.2) is 41.0 Å². The van der Waals surface area contributed by atoms with Gasteiger partial charge in [-0.15, -0.1) is 0 Å². The zero-order valence-corrected chi connectivity index (χ0v) is 4.27. The van der Waals surface area contributed by atoms with E-state index in [0.717, 1.165) is 0 Å². The van der Waals surface area contributed by atoms with E-state index in [-0.39, 0.29) is 35.9 Å². The molecule has 0 spiro atoms. The van der Waals surface area contributed by atoms with Crippen LogP contribution >= 0.6 is 0 Å².